The lowest BCUT2D eigenvalue weighted by atomic mass is 9.68. The van der Waals surface area contributed by atoms with Gasteiger partial charge in [0.05, 0.1) is 0 Å². The first-order chi connectivity index (χ1) is 12.1. The Bertz CT molecular complexity index is 503. The van der Waals surface area contributed by atoms with Crippen LogP contribution >= 0.6 is 0 Å². The lowest BCUT2D eigenvalue weighted by Crippen LogP contribution is -2.26. The average molecular weight is 349 g/mol. The molecule has 0 amide bonds. The fourth-order valence-electron chi connectivity index (χ4n) is 5.43. The molecule has 140 valence electrons. The van der Waals surface area contributed by atoms with Gasteiger partial charge in [-0.15, -0.1) is 0 Å². The molecule has 0 aromatic heterocycles. The third-order valence-electron chi connectivity index (χ3n) is 6.91. The van der Waals surface area contributed by atoms with E-state index in [0.29, 0.717) is 0 Å². The molecule has 0 spiro atoms. The number of hydrogen-bond acceptors (Lipinski definition) is 0. The molecular weight excluding hydrogens is 314 g/mol. The maximum atomic E-state index is 13.3. The summed E-state index contributed by atoms with van der Waals surface area (Å²) in [6.45, 7) is 2.31. The van der Waals surface area contributed by atoms with E-state index in [0.717, 1.165) is 48.1 Å². The van der Waals surface area contributed by atoms with E-state index in [2.05, 4.69) is 6.92 Å². The van der Waals surface area contributed by atoms with Crippen molar-refractivity contribution in [2.75, 3.05) is 0 Å². The highest BCUT2D eigenvalue weighted by molar-refractivity contribution is 5.18. The standard InChI is InChI=1S/C23H34F2/c1-2-3-17-6-10-20(11-7-17)21-12-8-18(9-13-21)4-5-19-14-22(24)16-23(25)15-19/h14-18,20-21H,2-13H2,1H3. The molecule has 2 fully saturated rings. The van der Waals surface area contributed by atoms with Gasteiger partial charge in [-0.1, -0.05) is 45.4 Å². The second-order valence-corrected chi connectivity index (χ2v) is 8.67. The largest absolute Gasteiger partial charge is 0.207 e. The summed E-state index contributed by atoms with van der Waals surface area (Å²) < 4.78 is 26.6. The van der Waals surface area contributed by atoms with Crippen LogP contribution in [0.25, 0.3) is 0 Å². The molecule has 2 aliphatic rings. The Morgan fingerprint density at radius 2 is 1.20 bits per heavy atom. The summed E-state index contributed by atoms with van der Waals surface area (Å²) in [6, 6.07) is 3.94. The highest BCUT2D eigenvalue weighted by Gasteiger charge is 2.30. The van der Waals surface area contributed by atoms with E-state index in [4.69, 9.17) is 0 Å². The maximum absolute atomic E-state index is 13.3. The normalized spacial score (nSPS) is 30.4. The minimum absolute atomic E-state index is 0.447. The molecule has 25 heavy (non-hydrogen) atoms. The molecule has 0 N–H and O–H groups in total. The predicted octanol–water partition coefficient (Wildman–Crippen LogP) is 7.31. The van der Waals surface area contributed by atoms with E-state index in [-0.39, 0.29) is 0 Å². The van der Waals surface area contributed by atoms with Crippen molar-refractivity contribution in [2.24, 2.45) is 23.7 Å². The summed E-state index contributed by atoms with van der Waals surface area (Å²) in [5, 5.41) is 0. The molecule has 0 nitrogen and oxygen atoms in total. The Balaban J connectivity index is 1.39. The maximum Gasteiger partial charge on any atom is 0.126 e. The van der Waals surface area contributed by atoms with Gasteiger partial charge in [-0.3, -0.25) is 0 Å². The van der Waals surface area contributed by atoms with Gasteiger partial charge in [0.15, 0.2) is 0 Å². The van der Waals surface area contributed by atoms with Crippen LogP contribution in [-0.4, -0.2) is 0 Å². The Kier molecular flexibility index (Phi) is 6.90. The summed E-state index contributed by atoms with van der Waals surface area (Å²) in [4.78, 5) is 0. The molecule has 0 unspecified atom stereocenters. The molecule has 3 rings (SSSR count). The minimum atomic E-state index is -0.447. The van der Waals surface area contributed by atoms with Crippen LogP contribution in [0.2, 0.25) is 0 Å². The fourth-order valence-corrected chi connectivity index (χ4v) is 5.43. The van der Waals surface area contributed by atoms with Gasteiger partial charge < -0.3 is 0 Å². The zero-order valence-electron chi connectivity index (χ0n) is 15.8. The number of hydrogen-bond donors (Lipinski definition) is 0. The first kappa shape index (κ1) is 18.9. The quantitative estimate of drug-likeness (QED) is 0.505. The van der Waals surface area contributed by atoms with E-state index >= 15 is 0 Å². The van der Waals surface area contributed by atoms with E-state index in [9.17, 15) is 8.78 Å². The number of aryl methyl sites for hydroxylation is 1. The topological polar surface area (TPSA) is 0 Å². The van der Waals surface area contributed by atoms with Crippen molar-refractivity contribution in [2.45, 2.75) is 84.0 Å². The fraction of sp³-hybridized carbons (Fsp3) is 0.739. The van der Waals surface area contributed by atoms with Gasteiger partial charge in [0.2, 0.25) is 0 Å². The molecule has 0 saturated heterocycles. The van der Waals surface area contributed by atoms with Crippen molar-refractivity contribution in [3.05, 3.63) is 35.4 Å². The van der Waals surface area contributed by atoms with Crippen LogP contribution in [0.1, 0.15) is 83.1 Å². The van der Waals surface area contributed by atoms with E-state index in [1.54, 1.807) is 0 Å². The van der Waals surface area contributed by atoms with Crippen molar-refractivity contribution in [1.29, 1.82) is 0 Å². The number of rotatable bonds is 6. The van der Waals surface area contributed by atoms with Crippen molar-refractivity contribution in [1.82, 2.24) is 0 Å². The molecular formula is C23H34F2. The Hall–Kier alpha value is -0.920. The van der Waals surface area contributed by atoms with Crippen LogP contribution in [0.3, 0.4) is 0 Å². The second-order valence-electron chi connectivity index (χ2n) is 8.67. The molecule has 0 atom stereocenters. The van der Waals surface area contributed by atoms with Crippen LogP contribution in [0.5, 0.6) is 0 Å². The lowest BCUT2D eigenvalue weighted by molar-refractivity contribution is 0.141. The van der Waals surface area contributed by atoms with Gasteiger partial charge in [-0.2, -0.15) is 0 Å². The van der Waals surface area contributed by atoms with Gasteiger partial charge >= 0.3 is 0 Å². The molecule has 1 aromatic rings. The van der Waals surface area contributed by atoms with Gasteiger partial charge in [0.25, 0.3) is 0 Å². The van der Waals surface area contributed by atoms with Crippen LogP contribution < -0.4 is 0 Å². The van der Waals surface area contributed by atoms with Gasteiger partial charge in [0, 0.05) is 6.07 Å². The van der Waals surface area contributed by atoms with Crippen LogP contribution in [0, 0.1) is 35.3 Å². The molecule has 2 heteroatoms. The third kappa shape index (κ3) is 5.53. The van der Waals surface area contributed by atoms with Crippen LogP contribution in [-0.2, 0) is 6.42 Å². The lowest BCUT2D eigenvalue weighted by Gasteiger charge is -2.38. The van der Waals surface area contributed by atoms with Crippen LogP contribution in [0.4, 0.5) is 8.78 Å². The first-order valence-corrected chi connectivity index (χ1v) is 10.6. The molecule has 2 saturated carbocycles. The zero-order valence-corrected chi connectivity index (χ0v) is 15.8. The summed E-state index contributed by atoms with van der Waals surface area (Å²) in [5.74, 6) is 2.79. The monoisotopic (exact) mass is 348 g/mol. The second kappa shape index (κ2) is 9.14. The minimum Gasteiger partial charge on any atom is -0.207 e. The number of halogens is 2. The molecule has 1 aromatic carbocycles. The van der Waals surface area contributed by atoms with E-state index < -0.39 is 11.6 Å². The summed E-state index contributed by atoms with van der Waals surface area (Å²) in [6.07, 6.45) is 15.9. The molecule has 0 heterocycles. The molecule has 0 aliphatic heterocycles. The predicted molar refractivity (Wildman–Crippen MR) is 100 cm³/mol. The van der Waals surface area contributed by atoms with Crippen molar-refractivity contribution < 1.29 is 8.78 Å². The molecule has 0 bridgehead atoms. The van der Waals surface area contributed by atoms with Crippen LogP contribution in [0.15, 0.2) is 18.2 Å². The molecule has 0 radical (unpaired) electrons. The van der Waals surface area contributed by atoms with Gasteiger partial charge in [-0.05, 0) is 79.9 Å². The Morgan fingerprint density at radius 3 is 1.68 bits per heavy atom. The number of benzene rings is 1. The Morgan fingerprint density at radius 1 is 0.720 bits per heavy atom. The average Bonchev–Trinajstić information content (AvgIpc) is 2.61. The summed E-state index contributed by atoms with van der Waals surface area (Å²) >= 11 is 0. The highest BCUT2D eigenvalue weighted by atomic mass is 19.1. The van der Waals surface area contributed by atoms with E-state index in [1.807, 2.05) is 0 Å². The summed E-state index contributed by atoms with van der Waals surface area (Å²) in [7, 11) is 0. The first-order valence-electron chi connectivity index (χ1n) is 10.6. The Labute approximate surface area is 152 Å². The van der Waals surface area contributed by atoms with Crippen molar-refractivity contribution in [3.8, 4) is 0 Å². The smallest absolute Gasteiger partial charge is 0.126 e. The van der Waals surface area contributed by atoms with Crippen molar-refractivity contribution >= 4 is 0 Å². The van der Waals surface area contributed by atoms with Crippen molar-refractivity contribution in [3.63, 3.8) is 0 Å². The summed E-state index contributed by atoms with van der Waals surface area (Å²) in [5.41, 5.74) is 0.814. The van der Waals surface area contributed by atoms with Gasteiger partial charge in [0.1, 0.15) is 11.6 Å². The highest BCUT2D eigenvalue weighted by Crippen LogP contribution is 2.42. The van der Waals surface area contributed by atoms with Gasteiger partial charge in [-0.25, -0.2) is 8.78 Å². The zero-order chi connectivity index (χ0) is 17.6. The van der Waals surface area contributed by atoms with E-state index in [1.165, 1.54) is 76.3 Å². The third-order valence-corrected chi connectivity index (χ3v) is 6.91. The molecule has 2 aliphatic carbocycles. The SMILES string of the molecule is CCCC1CCC(C2CCC(CCc3cc(F)cc(F)c3)CC2)CC1.